The first-order valence-electron chi connectivity index (χ1n) is 10.6. The van der Waals surface area contributed by atoms with Crippen LogP contribution in [0.2, 0.25) is 0 Å². The Hall–Kier alpha value is -4.05. The Labute approximate surface area is 185 Å². The van der Waals surface area contributed by atoms with E-state index in [0.717, 1.165) is 24.0 Å². The Morgan fingerprint density at radius 3 is 2.94 bits per heavy atom. The predicted octanol–water partition coefficient (Wildman–Crippen LogP) is 1.01. The van der Waals surface area contributed by atoms with Crippen molar-refractivity contribution < 1.29 is 9.53 Å². The number of rotatable bonds is 6. The molecule has 1 aliphatic carbocycles. The van der Waals surface area contributed by atoms with Crippen LogP contribution in [0.25, 0.3) is 5.76 Å². The number of hydrogen-bond donors (Lipinski definition) is 2. The molecule has 2 N–H and O–H groups in total. The summed E-state index contributed by atoms with van der Waals surface area (Å²) in [6, 6.07) is 7.55. The van der Waals surface area contributed by atoms with E-state index >= 15 is 0 Å². The molecule has 2 aromatic rings. The number of nitrogens with one attached hydrogen (secondary N) is 2. The van der Waals surface area contributed by atoms with Crippen molar-refractivity contribution in [1.29, 1.82) is 10.5 Å². The van der Waals surface area contributed by atoms with Gasteiger partial charge < -0.3 is 20.3 Å². The van der Waals surface area contributed by atoms with Crippen molar-refractivity contribution in [1.82, 2.24) is 30.5 Å². The van der Waals surface area contributed by atoms with E-state index in [1.807, 2.05) is 18.2 Å². The first-order valence-corrected chi connectivity index (χ1v) is 10.6. The van der Waals surface area contributed by atoms with Crippen LogP contribution in [0.3, 0.4) is 0 Å². The van der Waals surface area contributed by atoms with Crippen LogP contribution in [0.1, 0.15) is 41.9 Å². The number of aromatic nitrogens is 3. The molecule has 0 radical (unpaired) electrons. The van der Waals surface area contributed by atoms with Crippen molar-refractivity contribution in [2.45, 2.75) is 50.0 Å². The monoisotopic (exact) mass is 430 g/mol. The van der Waals surface area contributed by atoms with Crippen molar-refractivity contribution >= 4 is 11.7 Å². The van der Waals surface area contributed by atoms with E-state index < -0.39 is 6.23 Å². The number of likely N-dealkylation sites (tertiary alicyclic amines) is 1. The number of nitrogens with zero attached hydrogens (tertiary/aromatic N) is 6. The standard InChI is InChI=1S/C22H22N8O2/c23-9-14-1-4-18(15-2-3-15)19(7-14)20-10-25-22(32-20)21(31)27-16-8-17(29(11-16)13-24)12-30-6-5-26-28-30/h1,4-7,10,15-17,22,25H,2-3,8,11-12H2,(H,27,31)/t16-,17+,22?/m1/s1. The number of ether oxygens (including phenoxy) is 1. The van der Waals surface area contributed by atoms with Gasteiger partial charge in [0, 0.05) is 30.5 Å². The molecule has 10 nitrogen and oxygen atoms in total. The fraction of sp³-hybridized carbons (Fsp3) is 0.409. The van der Waals surface area contributed by atoms with Gasteiger partial charge in [0.25, 0.3) is 5.91 Å². The van der Waals surface area contributed by atoms with Gasteiger partial charge in [-0.05, 0) is 42.9 Å². The second-order valence-electron chi connectivity index (χ2n) is 8.33. The van der Waals surface area contributed by atoms with Gasteiger partial charge >= 0.3 is 0 Å². The summed E-state index contributed by atoms with van der Waals surface area (Å²) in [6.07, 6.45) is 9.25. The van der Waals surface area contributed by atoms with E-state index in [-0.39, 0.29) is 18.0 Å². The van der Waals surface area contributed by atoms with E-state index in [4.69, 9.17) is 4.74 Å². The average molecular weight is 430 g/mol. The van der Waals surface area contributed by atoms with Gasteiger partial charge in [-0.2, -0.15) is 10.5 Å². The van der Waals surface area contributed by atoms with Crippen molar-refractivity contribution in [2.24, 2.45) is 0 Å². The molecule has 3 atom stereocenters. The van der Waals surface area contributed by atoms with Gasteiger partial charge in [-0.3, -0.25) is 9.48 Å². The zero-order valence-electron chi connectivity index (χ0n) is 17.3. The first kappa shape index (κ1) is 19.9. The lowest BCUT2D eigenvalue weighted by molar-refractivity contribution is -0.129. The second kappa shape index (κ2) is 8.23. The molecule has 162 valence electrons. The lowest BCUT2D eigenvalue weighted by Crippen LogP contribution is -2.46. The summed E-state index contributed by atoms with van der Waals surface area (Å²) in [7, 11) is 0. The second-order valence-corrected chi connectivity index (χ2v) is 8.33. The van der Waals surface area contributed by atoms with Gasteiger partial charge in [-0.25, -0.2) is 0 Å². The van der Waals surface area contributed by atoms with Crippen LogP contribution in [0.15, 0.2) is 36.8 Å². The fourth-order valence-corrected chi connectivity index (χ4v) is 4.35. The fourth-order valence-electron chi connectivity index (χ4n) is 4.35. The molecular formula is C22H22N8O2. The maximum absolute atomic E-state index is 12.8. The molecule has 32 heavy (non-hydrogen) atoms. The smallest absolute Gasteiger partial charge is 0.282 e. The Morgan fingerprint density at radius 2 is 2.22 bits per heavy atom. The highest BCUT2D eigenvalue weighted by Crippen LogP contribution is 2.44. The number of nitriles is 2. The molecule has 1 aromatic heterocycles. The number of carbonyl (C=O) groups is 1. The number of benzene rings is 1. The van der Waals surface area contributed by atoms with Crippen molar-refractivity contribution in [3.8, 4) is 12.3 Å². The minimum absolute atomic E-state index is 0.0621. The summed E-state index contributed by atoms with van der Waals surface area (Å²) in [6.45, 7) is 0.966. The van der Waals surface area contributed by atoms with Gasteiger partial charge in [-0.1, -0.05) is 11.3 Å². The van der Waals surface area contributed by atoms with Crippen LogP contribution in [0, 0.1) is 22.8 Å². The summed E-state index contributed by atoms with van der Waals surface area (Å²) in [5.74, 6) is 0.760. The highest BCUT2D eigenvalue weighted by molar-refractivity contribution is 5.83. The third-order valence-corrected chi connectivity index (χ3v) is 6.07. The van der Waals surface area contributed by atoms with Gasteiger partial charge in [0.15, 0.2) is 6.19 Å². The van der Waals surface area contributed by atoms with Crippen LogP contribution in [0.4, 0.5) is 0 Å². The van der Waals surface area contributed by atoms with Crippen LogP contribution in [-0.4, -0.2) is 50.7 Å². The molecule has 5 rings (SSSR count). The third kappa shape index (κ3) is 3.95. The van der Waals surface area contributed by atoms with E-state index in [2.05, 4.69) is 33.2 Å². The summed E-state index contributed by atoms with van der Waals surface area (Å²) >= 11 is 0. The zero-order valence-corrected chi connectivity index (χ0v) is 17.3. The van der Waals surface area contributed by atoms with E-state index in [1.165, 1.54) is 0 Å². The Morgan fingerprint density at radius 1 is 1.34 bits per heavy atom. The maximum atomic E-state index is 12.8. The normalized spacial score (nSPS) is 24.1. The molecule has 0 spiro atoms. The van der Waals surface area contributed by atoms with Crippen LogP contribution < -0.4 is 10.6 Å². The number of amides is 1. The quantitative estimate of drug-likeness (QED) is 0.649. The molecule has 2 aliphatic heterocycles. The van der Waals surface area contributed by atoms with Gasteiger partial charge in [-0.15, -0.1) is 5.10 Å². The minimum atomic E-state index is -0.854. The lowest BCUT2D eigenvalue weighted by Gasteiger charge is -2.18. The maximum Gasteiger partial charge on any atom is 0.282 e. The van der Waals surface area contributed by atoms with E-state index in [1.54, 1.807) is 28.2 Å². The highest BCUT2D eigenvalue weighted by Gasteiger charge is 2.36. The topological polar surface area (TPSA) is 132 Å². The van der Waals surface area contributed by atoms with Crippen molar-refractivity contribution in [3.63, 3.8) is 0 Å². The molecule has 3 aliphatic rings. The summed E-state index contributed by atoms with van der Waals surface area (Å²) < 4.78 is 7.61. The first-order chi connectivity index (χ1) is 15.6. The summed E-state index contributed by atoms with van der Waals surface area (Å²) in [5.41, 5.74) is 2.57. The Kier molecular flexibility index (Phi) is 5.12. The number of carbonyl (C=O) groups excluding carboxylic acids is 1. The largest absolute Gasteiger partial charge is 0.459 e. The third-order valence-electron chi connectivity index (χ3n) is 6.07. The van der Waals surface area contributed by atoms with Crippen LogP contribution in [0.5, 0.6) is 0 Å². The van der Waals surface area contributed by atoms with E-state index in [0.29, 0.717) is 36.8 Å². The van der Waals surface area contributed by atoms with Gasteiger partial charge in [0.1, 0.15) is 5.76 Å². The molecule has 1 aromatic carbocycles. The van der Waals surface area contributed by atoms with Crippen LogP contribution >= 0.6 is 0 Å². The molecule has 10 heteroatoms. The van der Waals surface area contributed by atoms with Crippen LogP contribution in [-0.2, 0) is 16.1 Å². The minimum Gasteiger partial charge on any atom is -0.459 e. The van der Waals surface area contributed by atoms with Gasteiger partial charge in [0.05, 0.1) is 30.4 Å². The molecule has 1 unspecified atom stereocenters. The Bertz CT molecular complexity index is 1130. The average Bonchev–Trinajstić information content (AvgIpc) is 3.18. The molecule has 1 saturated heterocycles. The highest BCUT2D eigenvalue weighted by atomic mass is 16.5. The molecule has 3 heterocycles. The predicted molar refractivity (Wildman–Crippen MR) is 112 cm³/mol. The summed E-state index contributed by atoms with van der Waals surface area (Å²) in [5, 5.41) is 32.5. The SMILES string of the molecule is N#Cc1ccc(C2CC2)c(C2=CNC(C(=O)N[C@@H]3C[C@@H](Cn4ccnn4)N(C#N)C3)O2)c1. The lowest BCUT2D eigenvalue weighted by atomic mass is 9.99. The van der Waals surface area contributed by atoms with Gasteiger partial charge in [0.2, 0.25) is 6.23 Å². The van der Waals surface area contributed by atoms with Crippen molar-refractivity contribution in [3.05, 3.63) is 53.5 Å². The molecule has 1 saturated carbocycles. The molecular weight excluding hydrogens is 408 g/mol. The summed E-state index contributed by atoms with van der Waals surface area (Å²) in [4.78, 5) is 14.5. The van der Waals surface area contributed by atoms with Crippen molar-refractivity contribution in [2.75, 3.05) is 6.54 Å². The van der Waals surface area contributed by atoms with E-state index in [9.17, 15) is 15.3 Å². The molecule has 2 fully saturated rings. The zero-order chi connectivity index (χ0) is 22.1. The Balaban J connectivity index is 1.21. The molecule has 1 amide bonds. The number of hydrogen-bond acceptors (Lipinski definition) is 8. The molecule has 0 bridgehead atoms.